The van der Waals surface area contributed by atoms with E-state index in [1.165, 1.54) is 25.0 Å². The van der Waals surface area contributed by atoms with E-state index in [0.29, 0.717) is 28.6 Å². The summed E-state index contributed by atoms with van der Waals surface area (Å²) in [5.74, 6) is 0.871. The third kappa shape index (κ3) is 5.17. The summed E-state index contributed by atoms with van der Waals surface area (Å²) >= 11 is 0. The number of aromatic nitrogens is 2. The monoisotopic (exact) mass is 460 g/mol. The minimum atomic E-state index is -1.57. The van der Waals surface area contributed by atoms with Gasteiger partial charge in [0.1, 0.15) is 17.3 Å². The molecule has 0 spiro atoms. The van der Waals surface area contributed by atoms with Crippen LogP contribution in [0, 0.1) is 0 Å². The van der Waals surface area contributed by atoms with Gasteiger partial charge in [0.2, 0.25) is 0 Å². The number of nitrogens with one attached hydrogen (secondary N) is 4. The molecule has 1 aliphatic heterocycles. The summed E-state index contributed by atoms with van der Waals surface area (Å²) in [6, 6.07) is 13.5. The second-order valence-electron chi connectivity index (χ2n) is 9.40. The van der Waals surface area contributed by atoms with Crippen molar-refractivity contribution >= 4 is 28.9 Å². The van der Waals surface area contributed by atoms with Crippen LogP contribution in [0.15, 0.2) is 48.7 Å². The number of pyridine rings is 2. The maximum absolute atomic E-state index is 14.4. The lowest BCUT2D eigenvalue weighted by Crippen LogP contribution is -2.26. The number of hydrogen-bond donors (Lipinski definition) is 4. The molecule has 176 valence electrons. The third-order valence-corrected chi connectivity index (χ3v) is 6.05. The molecule has 0 saturated heterocycles. The van der Waals surface area contributed by atoms with Gasteiger partial charge in [0.15, 0.2) is 0 Å². The smallest absolute Gasteiger partial charge is 0.255 e. The Labute approximate surface area is 198 Å². The molecule has 1 saturated carbocycles. The Morgan fingerprint density at radius 2 is 1.94 bits per heavy atom. The average Bonchev–Trinajstić information content (AvgIpc) is 3.63. The molecule has 2 aliphatic rings. The van der Waals surface area contributed by atoms with Gasteiger partial charge in [-0.25, -0.2) is 14.4 Å². The summed E-state index contributed by atoms with van der Waals surface area (Å²) in [5.41, 5.74) is 3.28. The van der Waals surface area contributed by atoms with Gasteiger partial charge in [0.05, 0.1) is 16.9 Å². The van der Waals surface area contributed by atoms with E-state index in [0.717, 1.165) is 38.0 Å². The first-order chi connectivity index (χ1) is 16.3. The van der Waals surface area contributed by atoms with E-state index >= 15 is 0 Å². The van der Waals surface area contributed by atoms with Crippen molar-refractivity contribution in [3.8, 4) is 0 Å². The molecule has 0 atom stereocenters. The summed E-state index contributed by atoms with van der Waals surface area (Å²) < 4.78 is 14.4. The van der Waals surface area contributed by atoms with Gasteiger partial charge in [-0.2, -0.15) is 0 Å². The Morgan fingerprint density at radius 3 is 2.74 bits per heavy atom. The number of nitrogens with zero attached hydrogens (tertiary/aromatic N) is 2. The van der Waals surface area contributed by atoms with Gasteiger partial charge in [-0.15, -0.1) is 0 Å². The van der Waals surface area contributed by atoms with Crippen LogP contribution in [0.5, 0.6) is 0 Å². The van der Waals surface area contributed by atoms with E-state index < -0.39 is 5.67 Å². The normalized spacial score (nSPS) is 15.4. The molecule has 0 unspecified atom stereocenters. The van der Waals surface area contributed by atoms with Crippen LogP contribution < -0.4 is 21.3 Å². The summed E-state index contributed by atoms with van der Waals surface area (Å²) in [5, 5.41) is 13.0. The van der Waals surface area contributed by atoms with Crippen molar-refractivity contribution in [2.45, 2.75) is 51.4 Å². The number of halogens is 1. The van der Waals surface area contributed by atoms with Gasteiger partial charge >= 0.3 is 0 Å². The van der Waals surface area contributed by atoms with Crippen molar-refractivity contribution in [1.82, 2.24) is 20.6 Å². The fraction of sp³-hybridized carbons (Fsp3) is 0.346. The number of rotatable bonds is 7. The Bertz CT molecular complexity index is 1220. The van der Waals surface area contributed by atoms with E-state index in [1.54, 1.807) is 30.5 Å². The van der Waals surface area contributed by atoms with Crippen LogP contribution in [0.1, 0.15) is 53.9 Å². The molecule has 3 heterocycles. The topological polar surface area (TPSA) is 91.0 Å². The van der Waals surface area contributed by atoms with Gasteiger partial charge in [-0.3, -0.25) is 4.79 Å². The number of carbonyl (C=O) groups is 1. The lowest BCUT2D eigenvalue weighted by atomic mass is 10.0. The standard InChI is InChI=1S/C26H29FN6O/c1-26(2,27)22-4-3-5-23(33-22)32-21-13-24(29-15-20(21)25(34)31-18-8-9-18)30-19-7-6-17-14-28-11-10-16(17)12-19/h3-7,12-13,15,18,28H,8-11,14H2,1-2H3,(H,31,34)(H2,29,30,32,33). The number of carbonyl (C=O) groups excluding carboxylic acids is 1. The molecular weight excluding hydrogens is 431 g/mol. The second-order valence-corrected chi connectivity index (χ2v) is 9.40. The highest BCUT2D eigenvalue weighted by molar-refractivity contribution is 6.00. The van der Waals surface area contributed by atoms with Gasteiger partial charge < -0.3 is 21.3 Å². The number of benzene rings is 1. The first kappa shape index (κ1) is 22.3. The van der Waals surface area contributed by atoms with Gasteiger partial charge in [0, 0.05) is 30.5 Å². The minimum Gasteiger partial charge on any atom is -0.349 e. The van der Waals surface area contributed by atoms with Crippen LogP contribution in [-0.4, -0.2) is 28.5 Å². The molecule has 2 aromatic heterocycles. The van der Waals surface area contributed by atoms with E-state index in [1.807, 2.05) is 6.07 Å². The largest absolute Gasteiger partial charge is 0.349 e. The molecule has 1 amide bonds. The molecule has 1 aromatic carbocycles. The molecule has 1 fully saturated rings. The second kappa shape index (κ2) is 9.02. The molecule has 1 aliphatic carbocycles. The van der Waals surface area contributed by atoms with Crippen LogP contribution in [0.3, 0.4) is 0 Å². The summed E-state index contributed by atoms with van der Waals surface area (Å²) in [6.07, 6.45) is 4.53. The van der Waals surface area contributed by atoms with Gasteiger partial charge in [-0.05, 0) is 75.0 Å². The van der Waals surface area contributed by atoms with Gasteiger partial charge in [0.25, 0.3) is 5.91 Å². The molecule has 34 heavy (non-hydrogen) atoms. The predicted molar refractivity (Wildman–Crippen MR) is 132 cm³/mol. The number of anilines is 4. The first-order valence-electron chi connectivity index (χ1n) is 11.7. The highest BCUT2D eigenvalue weighted by Crippen LogP contribution is 2.29. The maximum Gasteiger partial charge on any atom is 0.255 e. The highest BCUT2D eigenvalue weighted by atomic mass is 19.1. The third-order valence-electron chi connectivity index (χ3n) is 6.05. The maximum atomic E-state index is 14.4. The molecule has 3 aromatic rings. The molecule has 0 bridgehead atoms. The van der Waals surface area contributed by atoms with Crippen LogP contribution in [0.25, 0.3) is 0 Å². The zero-order valence-corrected chi connectivity index (χ0v) is 19.4. The molecule has 7 nitrogen and oxygen atoms in total. The van der Waals surface area contributed by atoms with Crippen molar-refractivity contribution < 1.29 is 9.18 Å². The van der Waals surface area contributed by atoms with E-state index in [4.69, 9.17) is 0 Å². The van der Waals surface area contributed by atoms with Crippen molar-refractivity contribution in [2.75, 3.05) is 17.2 Å². The van der Waals surface area contributed by atoms with Crippen molar-refractivity contribution in [1.29, 1.82) is 0 Å². The van der Waals surface area contributed by atoms with E-state index in [2.05, 4.69) is 43.4 Å². The van der Waals surface area contributed by atoms with Crippen molar-refractivity contribution in [2.24, 2.45) is 0 Å². The number of amides is 1. The Kier molecular flexibility index (Phi) is 5.91. The Balaban J connectivity index is 1.44. The van der Waals surface area contributed by atoms with Crippen molar-refractivity contribution in [3.05, 3.63) is 71.0 Å². The quantitative estimate of drug-likeness (QED) is 0.408. The molecule has 0 radical (unpaired) electrons. The van der Waals surface area contributed by atoms with Crippen LogP contribution in [-0.2, 0) is 18.6 Å². The number of alkyl halides is 1. The first-order valence-corrected chi connectivity index (χ1v) is 11.7. The molecule has 5 rings (SSSR count). The average molecular weight is 461 g/mol. The van der Waals surface area contributed by atoms with E-state index in [-0.39, 0.29) is 11.9 Å². The SMILES string of the molecule is CC(C)(F)c1cccc(Nc2cc(Nc3ccc4c(c3)CCNC4)ncc2C(=O)NC2CC2)n1. The zero-order valence-electron chi connectivity index (χ0n) is 19.4. The van der Waals surface area contributed by atoms with E-state index in [9.17, 15) is 9.18 Å². The number of fused-ring (bicyclic) bond motifs is 1. The Morgan fingerprint density at radius 1 is 1.09 bits per heavy atom. The predicted octanol–water partition coefficient (Wildman–Crippen LogP) is 4.71. The molecular formula is C26H29FN6O. The highest BCUT2D eigenvalue weighted by Gasteiger charge is 2.26. The summed E-state index contributed by atoms with van der Waals surface area (Å²) in [4.78, 5) is 21.8. The minimum absolute atomic E-state index is 0.188. The lowest BCUT2D eigenvalue weighted by molar-refractivity contribution is 0.0951. The zero-order chi connectivity index (χ0) is 23.7. The molecule has 4 N–H and O–H groups in total. The number of hydrogen-bond acceptors (Lipinski definition) is 6. The van der Waals surface area contributed by atoms with Gasteiger partial charge in [-0.1, -0.05) is 12.1 Å². The van der Waals surface area contributed by atoms with Crippen molar-refractivity contribution in [3.63, 3.8) is 0 Å². The summed E-state index contributed by atoms with van der Waals surface area (Å²) in [6.45, 7) is 4.79. The summed E-state index contributed by atoms with van der Waals surface area (Å²) in [7, 11) is 0. The fourth-order valence-corrected chi connectivity index (χ4v) is 3.98. The van der Waals surface area contributed by atoms with Crippen LogP contribution in [0.2, 0.25) is 0 Å². The Hall–Kier alpha value is -3.52. The fourth-order valence-electron chi connectivity index (χ4n) is 3.98. The molecule has 8 heteroatoms. The lowest BCUT2D eigenvalue weighted by Gasteiger charge is -2.19. The van der Waals surface area contributed by atoms with Crippen LogP contribution >= 0.6 is 0 Å². The van der Waals surface area contributed by atoms with Crippen LogP contribution in [0.4, 0.5) is 27.4 Å².